The van der Waals surface area contributed by atoms with Crippen LogP contribution in [0, 0.1) is 0 Å². The van der Waals surface area contributed by atoms with Gasteiger partial charge in [0.1, 0.15) is 0 Å². The van der Waals surface area contributed by atoms with Crippen molar-refractivity contribution in [2.45, 2.75) is 0 Å². The number of hydrogen-bond donors (Lipinski definition) is 2. The summed E-state index contributed by atoms with van der Waals surface area (Å²) in [6.45, 7) is 0. The normalized spacial score (nSPS) is 10.2. The van der Waals surface area contributed by atoms with Crippen molar-refractivity contribution in [2.75, 3.05) is 10.6 Å². The van der Waals surface area contributed by atoms with Gasteiger partial charge in [0.15, 0.2) is 0 Å². The lowest BCUT2D eigenvalue weighted by Gasteiger charge is -2.10. The minimum atomic E-state index is -0.939. The Balaban J connectivity index is 2.13. The third-order valence-electron chi connectivity index (χ3n) is 2.58. The molecule has 0 spiro atoms. The first-order valence-corrected chi connectivity index (χ1v) is 7.41. The molecule has 0 aliphatic heterocycles. The van der Waals surface area contributed by atoms with E-state index in [1.54, 1.807) is 12.1 Å². The standard InChI is InChI=1S/C14H8Cl4N2O2/c15-7-4-5-8(16)11(6-7)19-13(21)14(22)20-12-9(17)2-1-3-10(12)18/h1-6H,(H,19,21)(H,20,22). The van der Waals surface area contributed by atoms with Crippen LogP contribution in [0.2, 0.25) is 20.1 Å². The van der Waals surface area contributed by atoms with E-state index in [4.69, 9.17) is 46.4 Å². The highest BCUT2D eigenvalue weighted by Crippen LogP contribution is 2.30. The van der Waals surface area contributed by atoms with E-state index in [2.05, 4.69) is 10.6 Å². The molecule has 0 atom stereocenters. The van der Waals surface area contributed by atoms with Crippen molar-refractivity contribution >= 4 is 69.6 Å². The van der Waals surface area contributed by atoms with E-state index in [1.165, 1.54) is 24.3 Å². The Hall–Kier alpha value is -1.46. The van der Waals surface area contributed by atoms with E-state index in [1.807, 2.05) is 0 Å². The van der Waals surface area contributed by atoms with Crippen molar-refractivity contribution in [3.63, 3.8) is 0 Å². The predicted molar refractivity (Wildman–Crippen MR) is 90.2 cm³/mol. The fourth-order valence-corrected chi connectivity index (χ4v) is 2.39. The van der Waals surface area contributed by atoms with Crippen LogP contribution in [0.15, 0.2) is 36.4 Å². The van der Waals surface area contributed by atoms with Gasteiger partial charge < -0.3 is 10.6 Å². The molecule has 0 aliphatic carbocycles. The molecule has 0 saturated heterocycles. The Bertz CT molecular complexity index is 729. The number of halogens is 4. The summed E-state index contributed by atoms with van der Waals surface area (Å²) in [4.78, 5) is 23.8. The summed E-state index contributed by atoms with van der Waals surface area (Å²) in [5, 5.41) is 5.75. The highest BCUT2D eigenvalue weighted by atomic mass is 35.5. The number of hydrogen-bond acceptors (Lipinski definition) is 2. The van der Waals surface area contributed by atoms with Crippen LogP contribution in [0.25, 0.3) is 0 Å². The van der Waals surface area contributed by atoms with E-state index in [9.17, 15) is 9.59 Å². The Labute approximate surface area is 146 Å². The molecule has 2 aromatic rings. The molecular formula is C14H8Cl4N2O2. The molecule has 0 heterocycles. The number of benzene rings is 2. The fourth-order valence-electron chi connectivity index (χ4n) is 1.56. The third-order valence-corrected chi connectivity index (χ3v) is 3.78. The minimum absolute atomic E-state index is 0.156. The largest absolute Gasteiger partial charge is 0.316 e. The maximum absolute atomic E-state index is 11.9. The zero-order valence-corrected chi connectivity index (χ0v) is 13.8. The van der Waals surface area contributed by atoms with Crippen molar-refractivity contribution in [3.8, 4) is 0 Å². The third kappa shape index (κ3) is 4.05. The second kappa shape index (κ2) is 7.20. The quantitative estimate of drug-likeness (QED) is 0.733. The zero-order valence-electron chi connectivity index (χ0n) is 10.8. The summed E-state index contributed by atoms with van der Waals surface area (Å²) < 4.78 is 0. The summed E-state index contributed by atoms with van der Waals surface area (Å²) in [6.07, 6.45) is 0. The maximum Gasteiger partial charge on any atom is 0.314 e. The van der Waals surface area contributed by atoms with Crippen molar-refractivity contribution in [1.82, 2.24) is 0 Å². The predicted octanol–water partition coefficient (Wildman–Crippen LogP) is 4.88. The molecular weight excluding hydrogens is 370 g/mol. The highest BCUT2D eigenvalue weighted by Gasteiger charge is 2.18. The average molecular weight is 378 g/mol. The SMILES string of the molecule is O=C(Nc1cc(Cl)ccc1Cl)C(=O)Nc1c(Cl)cccc1Cl. The van der Waals surface area contributed by atoms with Gasteiger partial charge in [-0.15, -0.1) is 0 Å². The molecule has 2 aromatic carbocycles. The topological polar surface area (TPSA) is 58.2 Å². The van der Waals surface area contributed by atoms with Crippen LogP contribution in [-0.4, -0.2) is 11.8 Å². The monoisotopic (exact) mass is 376 g/mol. The summed E-state index contributed by atoms with van der Waals surface area (Å²) in [7, 11) is 0. The van der Waals surface area contributed by atoms with Crippen LogP contribution in [-0.2, 0) is 9.59 Å². The second-order valence-corrected chi connectivity index (χ2v) is 5.79. The number of carbonyl (C=O) groups excluding carboxylic acids is 2. The van der Waals surface area contributed by atoms with Gasteiger partial charge in [0, 0.05) is 5.02 Å². The lowest BCUT2D eigenvalue weighted by atomic mass is 10.3. The Morgan fingerprint density at radius 3 is 2.00 bits per heavy atom. The first-order chi connectivity index (χ1) is 10.4. The molecule has 0 unspecified atom stereocenters. The molecule has 114 valence electrons. The van der Waals surface area contributed by atoms with E-state index >= 15 is 0 Å². The van der Waals surface area contributed by atoms with Gasteiger partial charge in [0.25, 0.3) is 0 Å². The summed E-state index contributed by atoms with van der Waals surface area (Å²) in [5.41, 5.74) is 0.378. The van der Waals surface area contributed by atoms with Gasteiger partial charge in [-0.2, -0.15) is 0 Å². The average Bonchev–Trinajstić information content (AvgIpc) is 2.46. The fraction of sp³-hybridized carbons (Fsp3) is 0. The molecule has 8 heteroatoms. The van der Waals surface area contributed by atoms with Crippen LogP contribution in [0.4, 0.5) is 11.4 Å². The van der Waals surface area contributed by atoms with Crippen molar-refractivity contribution in [2.24, 2.45) is 0 Å². The lowest BCUT2D eigenvalue weighted by Crippen LogP contribution is -2.29. The van der Waals surface area contributed by atoms with E-state index in [0.29, 0.717) is 5.02 Å². The van der Waals surface area contributed by atoms with Gasteiger partial charge in [-0.3, -0.25) is 9.59 Å². The number of para-hydroxylation sites is 1. The molecule has 4 nitrogen and oxygen atoms in total. The molecule has 0 aliphatic rings. The second-order valence-electron chi connectivity index (χ2n) is 4.13. The van der Waals surface area contributed by atoms with Crippen LogP contribution < -0.4 is 10.6 Å². The molecule has 22 heavy (non-hydrogen) atoms. The number of nitrogens with one attached hydrogen (secondary N) is 2. The molecule has 0 bridgehead atoms. The Kier molecular flexibility index (Phi) is 5.53. The Morgan fingerprint density at radius 1 is 0.773 bits per heavy atom. The Morgan fingerprint density at radius 2 is 1.36 bits per heavy atom. The van der Waals surface area contributed by atoms with Crippen LogP contribution in [0.1, 0.15) is 0 Å². The molecule has 0 aromatic heterocycles. The van der Waals surface area contributed by atoms with Crippen molar-refractivity contribution in [3.05, 3.63) is 56.5 Å². The number of anilines is 2. The van der Waals surface area contributed by atoms with Gasteiger partial charge >= 0.3 is 11.8 Å². The number of carbonyl (C=O) groups is 2. The minimum Gasteiger partial charge on any atom is -0.316 e. The van der Waals surface area contributed by atoms with Crippen molar-refractivity contribution in [1.29, 1.82) is 0 Å². The lowest BCUT2D eigenvalue weighted by molar-refractivity contribution is -0.132. The maximum atomic E-state index is 11.9. The molecule has 2 rings (SSSR count). The highest BCUT2D eigenvalue weighted by molar-refractivity contribution is 6.47. The van der Waals surface area contributed by atoms with Gasteiger partial charge in [0.2, 0.25) is 0 Å². The van der Waals surface area contributed by atoms with Crippen molar-refractivity contribution < 1.29 is 9.59 Å². The van der Waals surface area contributed by atoms with E-state index in [-0.39, 0.29) is 26.4 Å². The van der Waals surface area contributed by atoms with Crippen LogP contribution >= 0.6 is 46.4 Å². The first-order valence-electron chi connectivity index (χ1n) is 5.90. The molecule has 0 radical (unpaired) electrons. The van der Waals surface area contributed by atoms with E-state index < -0.39 is 11.8 Å². The molecule has 0 fully saturated rings. The van der Waals surface area contributed by atoms with Gasteiger partial charge in [-0.05, 0) is 30.3 Å². The van der Waals surface area contributed by atoms with Gasteiger partial charge in [-0.1, -0.05) is 52.5 Å². The smallest absolute Gasteiger partial charge is 0.314 e. The number of amides is 2. The zero-order chi connectivity index (χ0) is 16.3. The van der Waals surface area contributed by atoms with Gasteiger partial charge in [-0.25, -0.2) is 0 Å². The van der Waals surface area contributed by atoms with E-state index in [0.717, 1.165) is 0 Å². The summed E-state index contributed by atoms with van der Waals surface area (Å²) >= 11 is 23.5. The summed E-state index contributed by atoms with van der Waals surface area (Å²) in [5.74, 6) is -1.87. The van der Waals surface area contributed by atoms with Crippen LogP contribution in [0.3, 0.4) is 0 Å². The van der Waals surface area contributed by atoms with Crippen LogP contribution in [0.5, 0.6) is 0 Å². The first kappa shape index (κ1) is 16.9. The van der Waals surface area contributed by atoms with Gasteiger partial charge in [0.05, 0.1) is 26.4 Å². The number of rotatable bonds is 2. The molecule has 0 saturated carbocycles. The molecule has 2 N–H and O–H groups in total. The molecule has 2 amide bonds. The summed E-state index contributed by atoms with van der Waals surface area (Å²) in [6, 6.07) is 9.18.